The first-order valence-electron chi connectivity index (χ1n) is 7.20. The van der Waals surface area contributed by atoms with Crippen molar-refractivity contribution >= 4 is 34.2 Å². The minimum absolute atomic E-state index is 0.118. The molecule has 2 aromatic rings. The van der Waals surface area contributed by atoms with Crippen molar-refractivity contribution in [2.45, 2.75) is 25.3 Å². The molecule has 0 bridgehead atoms. The van der Waals surface area contributed by atoms with Crippen LogP contribution in [0.4, 0.5) is 4.39 Å². The molecule has 6 heteroatoms. The van der Waals surface area contributed by atoms with Crippen molar-refractivity contribution in [1.29, 1.82) is 0 Å². The number of benzene rings is 1. The number of piperidine rings is 1. The molecule has 0 atom stereocenters. The average Bonchev–Trinajstić information content (AvgIpc) is 2.78. The average molecular weight is 330 g/mol. The van der Waals surface area contributed by atoms with E-state index in [-0.39, 0.29) is 5.02 Å². The molecular weight excluding hydrogens is 312 g/mol. The first kappa shape index (κ1) is 15.1. The molecule has 1 aromatic heterocycles. The second-order valence-corrected chi connectivity index (χ2v) is 6.41. The number of hydrogen-bond donors (Lipinski definition) is 0. The van der Waals surface area contributed by atoms with Crippen molar-refractivity contribution < 1.29 is 4.39 Å². The smallest absolute Gasteiger partial charge is 0.144 e. The first-order valence-corrected chi connectivity index (χ1v) is 8.11. The number of fused-ring (bicyclic) bond motifs is 1. The minimum Gasteiger partial charge on any atom is -0.325 e. The zero-order chi connectivity index (χ0) is 15.0. The van der Waals surface area contributed by atoms with Crippen LogP contribution in [0.25, 0.3) is 11.0 Å². The minimum atomic E-state index is -0.393. The largest absolute Gasteiger partial charge is 0.325 e. The molecule has 1 aliphatic rings. The lowest BCUT2D eigenvalue weighted by Gasteiger charge is -2.31. The highest BCUT2D eigenvalue weighted by atomic mass is 35.5. The number of aryl methyl sites for hydroxylation is 1. The molecule has 2 heterocycles. The number of aromatic nitrogens is 2. The molecule has 3 rings (SSSR count). The molecule has 1 aromatic carbocycles. The third-order valence-electron chi connectivity index (χ3n) is 4.18. The second-order valence-electron chi connectivity index (χ2n) is 5.63. The van der Waals surface area contributed by atoms with E-state index >= 15 is 0 Å². The van der Waals surface area contributed by atoms with Gasteiger partial charge in [-0.2, -0.15) is 0 Å². The van der Waals surface area contributed by atoms with E-state index in [0.717, 1.165) is 42.8 Å². The van der Waals surface area contributed by atoms with Crippen LogP contribution in [0, 0.1) is 5.82 Å². The highest BCUT2D eigenvalue weighted by Crippen LogP contribution is 2.31. The molecule has 0 unspecified atom stereocenters. The Kier molecular flexibility index (Phi) is 4.38. The maximum atomic E-state index is 13.8. The van der Waals surface area contributed by atoms with Gasteiger partial charge >= 0.3 is 0 Å². The second kappa shape index (κ2) is 6.11. The maximum Gasteiger partial charge on any atom is 0.144 e. The van der Waals surface area contributed by atoms with E-state index in [1.165, 1.54) is 6.07 Å². The van der Waals surface area contributed by atoms with Gasteiger partial charge in [0.05, 0.1) is 16.1 Å². The van der Waals surface area contributed by atoms with E-state index in [0.29, 0.717) is 18.3 Å². The summed E-state index contributed by atoms with van der Waals surface area (Å²) in [6.07, 6.45) is 2.77. The summed E-state index contributed by atoms with van der Waals surface area (Å²) in [4.78, 5) is 6.93. The standard InChI is InChI=1S/C15H18Cl2FN3/c1-20-6-3-10(4-7-20)21-14-9-12(18)11(17)8-13(14)19-15(21)2-5-16/h8-10H,2-7H2,1H3. The van der Waals surface area contributed by atoms with E-state index in [9.17, 15) is 4.39 Å². The Morgan fingerprint density at radius 3 is 2.71 bits per heavy atom. The van der Waals surface area contributed by atoms with Crippen molar-refractivity contribution in [2.24, 2.45) is 0 Å². The number of rotatable bonds is 3. The fourth-order valence-corrected chi connectivity index (χ4v) is 3.39. The molecule has 1 aliphatic heterocycles. The van der Waals surface area contributed by atoms with Gasteiger partial charge in [0.2, 0.25) is 0 Å². The summed E-state index contributed by atoms with van der Waals surface area (Å²) in [7, 11) is 2.13. The van der Waals surface area contributed by atoms with Gasteiger partial charge in [-0.05, 0) is 39.0 Å². The predicted octanol–water partition coefficient (Wildman–Crippen LogP) is 3.88. The van der Waals surface area contributed by atoms with Gasteiger partial charge in [0.25, 0.3) is 0 Å². The number of nitrogens with zero attached hydrogens (tertiary/aromatic N) is 3. The van der Waals surface area contributed by atoms with Crippen LogP contribution in [0.5, 0.6) is 0 Å². The maximum absolute atomic E-state index is 13.8. The van der Waals surface area contributed by atoms with Crippen LogP contribution < -0.4 is 0 Å². The van der Waals surface area contributed by atoms with Crippen LogP contribution in [-0.4, -0.2) is 40.5 Å². The summed E-state index contributed by atoms with van der Waals surface area (Å²) in [5.74, 6) is 1.04. The van der Waals surface area contributed by atoms with Crippen molar-refractivity contribution in [3.05, 3.63) is 28.8 Å². The Balaban J connectivity index is 2.09. The van der Waals surface area contributed by atoms with Gasteiger partial charge in [-0.1, -0.05) is 11.6 Å². The summed E-state index contributed by atoms with van der Waals surface area (Å²) in [6, 6.07) is 3.46. The van der Waals surface area contributed by atoms with E-state index < -0.39 is 5.82 Å². The molecule has 0 spiro atoms. The molecule has 0 amide bonds. The first-order chi connectivity index (χ1) is 10.1. The van der Waals surface area contributed by atoms with E-state index in [1.807, 2.05) is 0 Å². The van der Waals surface area contributed by atoms with Crippen molar-refractivity contribution in [2.75, 3.05) is 26.0 Å². The summed E-state index contributed by atoms with van der Waals surface area (Å²) in [6.45, 7) is 2.08. The number of likely N-dealkylation sites (tertiary alicyclic amines) is 1. The van der Waals surface area contributed by atoms with E-state index in [1.54, 1.807) is 6.07 Å². The van der Waals surface area contributed by atoms with Crippen molar-refractivity contribution in [3.63, 3.8) is 0 Å². The molecule has 0 radical (unpaired) electrons. The van der Waals surface area contributed by atoms with Gasteiger partial charge in [-0.15, -0.1) is 11.6 Å². The zero-order valence-electron chi connectivity index (χ0n) is 12.0. The van der Waals surface area contributed by atoms with Gasteiger partial charge < -0.3 is 9.47 Å². The summed E-state index contributed by atoms with van der Waals surface area (Å²) in [5.41, 5.74) is 1.58. The predicted molar refractivity (Wildman–Crippen MR) is 84.9 cm³/mol. The molecule has 1 fully saturated rings. The lowest BCUT2D eigenvalue weighted by atomic mass is 10.0. The Bertz CT molecular complexity index is 648. The summed E-state index contributed by atoms with van der Waals surface area (Å²) < 4.78 is 16.0. The zero-order valence-corrected chi connectivity index (χ0v) is 13.5. The van der Waals surface area contributed by atoms with Crippen molar-refractivity contribution in [1.82, 2.24) is 14.5 Å². The summed E-state index contributed by atoms with van der Waals surface area (Å²) >= 11 is 11.8. The van der Waals surface area contributed by atoms with Gasteiger partial charge in [0.15, 0.2) is 0 Å². The highest BCUT2D eigenvalue weighted by Gasteiger charge is 2.23. The van der Waals surface area contributed by atoms with Crippen LogP contribution in [0.2, 0.25) is 5.02 Å². The van der Waals surface area contributed by atoms with Crippen LogP contribution in [0.3, 0.4) is 0 Å². The number of alkyl halides is 1. The fourth-order valence-electron chi connectivity index (χ4n) is 3.06. The third kappa shape index (κ3) is 2.89. The number of halogens is 3. The van der Waals surface area contributed by atoms with Gasteiger partial charge in [-0.3, -0.25) is 0 Å². The summed E-state index contributed by atoms with van der Waals surface area (Å²) in [5, 5.41) is 0.118. The Labute approximate surface area is 133 Å². The monoisotopic (exact) mass is 329 g/mol. The molecule has 0 saturated carbocycles. The molecule has 1 saturated heterocycles. The molecule has 114 valence electrons. The quantitative estimate of drug-likeness (QED) is 0.797. The van der Waals surface area contributed by atoms with Crippen LogP contribution in [-0.2, 0) is 6.42 Å². The molecular formula is C15H18Cl2FN3. The Hall–Kier alpha value is -0.840. The lowest BCUT2D eigenvalue weighted by Crippen LogP contribution is -2.32. The van der Waals surface area contributed by atoms with Crippen molar-refractivity contribution in [3.8, 4) is 0 Å². The number of hydrogen-bond acceptors (Lipinski definition) is 2. The van der Waals surface area contributed by atoms with Crippen LogP contribution in [0.15, 0.2) is 12.1 Å². The van der Waals surface area contributed by atoms with E-state index in [2.05, 4.69) is 21.5 Å². The molecule has 0 N–H and O–H groups in total. The normalized spacial score (nSPS) is 17.7. The SMILES string of the molecule is CN1CCC(n2c(CCCl)nc3cc(Cl)c(F)cc32)CC1. The molecule has 3 nitrogen and oxygen atoms in total. The highest BCUT2D eigenvalue weighted by molar-refractivity contribution is 6.31. The van der Waals surface area contributed by atoms with E-state index in [4.69, 9.17) is 23.2 Å². The fraction of sp³-hybridized carbons (Fsp3) is 0.533. The molecule has 0 aliphatic carbocycles. The third-order valence-corrected chi connectivity index (χ3v) is 4.65. The molecule has 21 heavy (non-hydrogen) atoms. The van der Waals surface area contributed by atoms with Crippen LogP contribution in [0.1, 0.15) is 24.7 Å². The topological polar surface area (TPSA) is 21.1 Å². The van der Waals surface area contributed by atoms with Gasteiger partial charge in [0.1, 0.15) is 11.6 Å². The number of imidazole rings is 1. The van der Waals surface area contributed by atoms with Gasteiger partial charge in [-0.25, -0.2) is 9.37 Å². The lowest BCUT2D eigenvalue weighted by molar-refractivity contribution is 0.221. The van der Waals surface area contributed by atoms with Crippen LogP contribution >= 0.6 is 23.2 Å². The Morgan fingerprint density at radius 1 is 1.33 bits per heavy atom. The Morgan fingerprint density at radius 2 is 2.05 bits per heavy atom. The van der Waals surface area contributed by atoms with Gasteiger partial charge in [0, 0.05) is 24.4 Å².